The first kappa shape index (κ1) is 19.7. The lowest BCUT2D eigenvalue weighted by Gasteiger charge is -2.11. The van der Waals surface area contributed by atoms with E-state index in [0.29, 0.717) is 0 Å². The summed E-state index contributed by atoms with van der Waals surface area (Å²) < 4.78 is 19.4. The molecule has 0 amide bonds. The molecule has 0 aromatic heterocycles. The minimum atomic E-state index is -1.05. The van der Waals surface area contributed by atoms with Crippen molar-refractivity contribution in [1.82, 2.24) is 0 Å². The van der Waals surface area contributed by atoms with Gasteiger partial charge < -0.3 is 25.2 Å². The molecule has 4 N–H and O–H groups in total. The number of ether oxygens (including phenoxy) is 1. The Balaban J connectivity index is 1.89. The Bertz CT molecular complexity index is 1070. The zero-order valence-corrected chi connectivity index (χ0v) is 14.8. The standard InChI is InChI=1S/C21H15FO7/c22-18-3-1-2-11(8-19(27)12-4-14(23)9-15(24)5-12)20(18)29-21(28)13-6-16(25)10-17(26)7-13/h1-7,9-10,23-26H,8H2. The van der Waals surface area contributed by atoms with Crippen LogP contribution in [0.25, 0.3) is 0 Å². The van der Waals surface area contributed by atoms with Crippen molar-refractivity contribution >= 4 is 11.8 Å². The third-order valence-corrected chi connectivity index (χ3v) is 3.96. The number of esters is 1. The Morgan fingerprint density at radius 2 is 1.31 bits per heavy atom. The summed E-state index contributed by atoms with van der Waals surface area (Å²) in [5, 5.41) is 38.0. The second kappa shape index (κ2) is 7.89. The van der Waals surface area contributed by atoms with E-state index in [0.717, 1.165) is 42.5 Å². The van der Waals surface area contributed by atoms with Crippen LogP contribution in [-0.2, 0) is 6.42 Å². The van der Waals surface area contributed by atoms with Gasteiger partial charge in [0.15, 0.2) is 17.3 Å². The van der Waals surface area contributed by atoms with E-state index in [1.165, 1.54) is 12.1 Å². The second-order valence-electron chi connectivity index (χ2n) is 6.19. The Labute approximate surface area is 163 Å². The summed E-state index contributed by atoms with van der Waals surface area (Å²) in [6.45, 7) is 0. The fraction of sp³-hybridized carbons (Fsp3) is 0.0476. The van der Waals surface area contributed by atoms with Gasteiger partial charge in [-0.3, -0.25) is 4.79 Å². The van der Waals surface area contributed by atoms with E-state index >= 15 is 0 Å². The predicted octanol–water partition coefficient (Wildman–Crippen LogP) is 3.29. The highest BCUT2D eigenvalue weighted by atomic mass is 19.1. The van der Waals surface area contributed by atoms with Gasteiger partial charge in [0.1, 0.15) is 23.0 Å². The second-order valence-corrected chi connectivity index (χ2v) is 6.19. The number of ketones is 1. The number of halogens is 1. The molecule has 0 saturated heterocycles. The van der Waals surface area contributed by atoms with Gasteiger partial charge in [-0.15, -0.1) is 0 Å². The van der Waals surface area contributed by atoms with E-state index in [1.807, 2.05) is 0 Å². The van der Waals surface area contributed by atoms with Crippen LogP contribution in [0.3, 0.4) is 0 Å². The van der Waals surface area contributed by atoms with E-state index in [-0.39, 0.29) is 46.1 Å². The average molecular weight is 398 g/mol. The molecule has 0 aliphatic heterocycles. The molecule has 3 aromatic carbocycles. The normalized spacial score (nSPS) is 10.5. The molecular formula is C21H15FO7. The van der Waals surface area contributed by atoms with Gasteiger partial charge in [0.2, 0.25) is 0 Å². The molecule has 3 aromatic rings. The maximum Gasteiger partial charge on any atom is 0.343 e. The largest absolute Gasteiger partial charge is 0.508 e. The van der Waals surface area contributed by atoms with Crippen LogP contribution >= 0.6 is 0 Å². The lowest BCUT2D eigenvalue weighted by atomic mass is 10.0. The number of carbonyl (C=O) groups is 2. The number of para-hydroxylation sites is 1. The molecule has 3 rings (SSSR count). The fourth-order valence-corrected chi connectivity index (χ4v) is 2.70. The van der Waals surface area contributed by atoms with Crippen molar-refractivity contribution in [2.45, 2.75) is 6.42 Å². The van der Waals surface area contributed by atoms with Crippen molar-refractivity contribution in [3.05, 3.63) is 77.1 Å². The van der Waals surface area contributed by atoms with Crippen LogP contribution in [0.5, 0.6) is 28.7 Å². The van der Waals surface area contributed by atoms with Gasteiger partial charge in [-0.1, -0.05) is 12.1 Å². The third kappa shape index (κ3) is 4.62. The Kier molecular flexibility index (Phi) is 5.36. The maximum atomic E-state index is 14.3. The van der Waals surface area contributed by atoms with Crippen molar-refractivity contribution in [3.8, 4) is 28.7 Å². The van der Waals surface area contributed by atoms with Gasteiger partial charge in [-0.25, -0.2) is 9.18 Å². The summed E-state index contributed by atoms with van der Waals surface area (Å²) in [5.74, 6) is -4.40. The number of carbonyl (C=O) groups excluding carboxylic acids is 2. The van der Waals surface area contributed by atoms with Gasteiger partial charge in [-0.05, 0) is 30.3 Å². The molecule has 7 nitrogen and oxygen atoms in total. The molecule has 0 aliphatic rings. The Morgan fingerprint density at radius 1 is 0.793 bits per heavy atom. The quantitative estimate of drug-likeness (QED) is 0.295. The van der Waals surface area contributed by atoms with E-state index in [4.69, 9.17) is 4.74 Å². The number of aromatic hydroxyl groups is 4. The van der Waals surface area contributed by atoms with Crippen LogP contribution in [-0.4, -0.2) is 32.2 Å². The molecule has 29 heavy (non-hydrogen) atoms. The zero-order valence-electron chi connectivity index (χ0n) is 14.8. The first-order chi connectivity index (χ1) is 13.7. The number of hydrogen-bond donors (Lipinski definition) is 4. The molecule has 148 valence electrons. The summed E-state index contributed by atoms with van der Waals surface area (Å²) in [4.78, 5) is 24.8. The van der Waals surface area contributed by atoms with Crippen LogP contribution in [0.4, 0.5) is 4.39 Å². The molecule has 8 heteroatoms. The van der Waals surface area contributed by atoms with Crippen LogP contribution in [0.2, 0.25) is 0 Å². The summed E-state index contributed by atoms with van der Waals surface area (Å²) in [5.41, 5.74) is -0.182. The molecule has 0 atom stereocenters. The number of phenols is 4. The van der Waals surface area contributed by atoms with E-state index in [1.54, 1.807) is 0 Å². The van der Waals surface area contributed by atoms with Gasteiger partial charge in [0.05, 0.1) is 5.56 Å². The van der Waals surface area contributed by atoms with E-state index in [9.17, 15) is 34.4 Å². The van der Waals surface area contributed by atoms with Crippen molar-refractivity contribution < 1.29 is 39.1 Å². The zero-order chi connectivity index (χ0) is 21.1. The monoisotopic (exact) mass is 398 g/mol. The first-order valence-electron chi connectivity index (χ1n) is 8.32. The summed E-state index contributed by atoms with van der Waals surface area (Å²) in [6.07, 6.45) is -0.380. The maximum absolute atomic E-state index is 14.3. The van der Waals surface area contributed by atoms with E-state index < -0.39 is 23.3 Å². The Hall–Kier alpha value is -4.07. The van der Waals surface area contributed by atoms with Crippen molar-refractivity contribution in [2.24, 2.45) is 0 Å². The minimum Gasteiger partial charge on any atom is -0.508 e. The first-order valence-corrected chi connectivity index (χ1v) is 8.32. The summed E-state index contributed by atoms with van der Waals surface area (Å²) >= 11 is 0. The molecule has 0 saturated carbocycles. The van der Waals surface area contributed by atoms with Crippen LogP contribution in [0, 0.1) is 5.82 Å². The molecule has 0 bridgehead atoms. The lowest BCUT2D eigenvalue weighted by molar-refractivity contribution is 0.0723. The number of hydrogen-bond acceptors (Lipinski definition) is 7. The topological polar surface area (TPSA) is 124 Å². The third-order valence-electron chi connectivity index (χ3n) is 3.96. The lowest BCUT2D eigenvalue weighted by Crippen LogP contribution is -2.13. The number of phenolic OH excluding ortho intramolecular Hbond substituents is 4. The van der Waals surface area contributed by atoms with Crippen LogP contribution in [0.1, 0.15) is 26.3 Å². The van der Waals surface area contributed by atoms with Crippen molar-refractivity contribution in [3.63, 3.8) is 0 Å². The molecule has 0 heterocycles. The molecule has 0 fully saturated rings. The molecule has 0 radical (unpaired) electrons. The smallest absolute Gasteiger partial charge is 0.343 e. The van der Waals surface area contributed by atoms with E-state index in [2.05, 4.69) is 0 Å². The highest BCUT2D eigenvalue weighted by Crippen LogP contribution is 2.28. The highest BCUT2D eigenvalue weighted by molar-refractivity contribution is 5.99. The SMILES string of the molecule is O=C(Cc1cccc(F)c1OC(=O)c1cc(O)cc(O)c1)c1cc(O)cc(O)c1. The van der Waals surface area contributed by atoms with Gasteiger partial charge >= 0.3 is 5.97 Å². The number of rotatable bonds is 5. The summed E-state index contributed by atoms with van der Waals surface area (Å²) in [6, 6.07) is 10.2. The molecule has 0 spiro atoms. The number of benzene rings is 3. The fourth-order valence-electron chi connectivity index (χ4n) is 2.70. The Morgan fingerprint density at radius 3 is 1.86 bits per heavy atom. The summed E-state index contributed by atoms with van der Waals surface area (Å²) in [7, 11) is 0. The minimum absolute atomic E-state index is 0.0121. The van der Waals surface area contributed by atoms with Crippen LogP contribution in [0.15, 0.2) is 54.6 Å². The number of Topliss-reactive ketones (excluding diaryl/α,β-unsaturated/α-hetero) is 1. The molecule has 0 aliphatic carbocycles. The van der Waals surface area contributed by atoms with Crippen molar-refractivity contribution in [2.75, 3.05) is 0 Å². The van der Waals surface area contributed by atoms with Crippen LogP contribution < -0.4 is 4.74 Å². The molecule has 0 unspecified atom stereocenters. The van der Waals surface area contributed by atoms with Gasteiger partial charge in [0.25, 0.3) is 0 Å². The van der Waals surface area contributed by atoms with Gasteiger partial charge in [-0.2, -0.15) is 0 Å². The van der Waals surface area contributed by atoms with Crippen molar-refractivity contribution in [1.29, 1.82) is 0 Å². The predicted molar refractivity (Wildman–Crippen MR) is 98.9 cm³/mol. The molecular weight excluding hydrogens is 383 g/mol. The van der Waals surface area contributed by atoms with Gasteiger partial charge in [0, 0.05) is 29.7 Å². The average Bonchev–Trinajstić information content (AvgIpc) is 2.62. The highest BCUT2D eigenvalue weighted by Gasteiger charge is 2.20.